The van der Waals surface area contributed by atoms with Gasteiger partial charge in [-0.05, 0) is 39.6 Å². The molecule has 0 amide bonds. The van der Waals surface area contributed by atoms with Crippen LogP contribution in [0.3, 0.4) is 0 Å². The normalized spacial score (nSPS) is 11.6. The molecule has 1 heterocycles. The van der Waals surface area contributed by atoms with Crippen molar-refractivity contribution in [2.75, 3.05) is 0 Å². The lowest BCUT2D eigenvalue weighted by Crippen LogP contribution is -2.37. The minimum atomic E-state index is -1.37. The first-order valence-electron chi connectivity index (χ1n) is 11.0. The monoisotopic (exact) mass is 465 g/mol. The van der Waals surface area contributed by atoms with E-state index in [0.29, 0.717) is 11.6 Å². The van der Waals surface area contributed by atoms with Crippen LogP contribution in [0.25, 0.3) is 44.7 Å². The van der Waals surface area contributed by atoms with Crippen molar-refractivity contribution < 1.29 is 0 Å². The van der Waals surface area contributed by atoms with E-state index >= 15 is 0 Å². The molecule has 1 aromatic heterocycles. The second-order valence-corrected chi connectivity index (χ2v) is 14.6. The second kappa shape index (κ2) is 8.54. The van der Waals surface area contributed by atoms with E-state index in [2.05, 4.69) is 108 Å². The zero-order chi connectivity index (χ0) is 23.0. The largest absolute Gasteiger partial charge is 0.226 e. The Morgan fingerprint density at radius 3 is 1.79 bits per heavy atom. The molecule has 4 aromatic carbocycles. The molecule has 0 radical (unpaired) electrons. The van der Waals surface area contributed by atoms with E-state index < -0.39 is 8.07 Å². The maximum absolute atomic E-state index is 6.38. The molecule has 0 aliphatic rings. The smallest absolute Gasteiger partial charge is 0.208 e. The molecule has 3 nitrogen and oxygen atoms in total. The lowest BCUT2D eigenvalue weighted by molar-refractivity contribution is 1.07. The van der Waals surface area contributed by atoms with Gasteiger partial charge >= 0.3 is 0 Å². The zero-order valence-corrected chi connectivity index (χ0v) is 20.6. The molecule has 0 aliphatic heterocycles. The molecule has 0 unspecified atom stereocenters. The van der Waals surface area contributed by atoms with E-state index in [-0.39, 0.29) is 5.28 Å². The number of hydrogen-bond acceptors (Lipinski definition) is 3. The van der Waals surface area contributed by atoms with Crippen LogP contribution in [-0.2, 0) is 0 Å². The van der Waals surface area contributed by atoms with Crippen LogP contribution >= 0.6 is 11.6 Å². The number of benzene rings is 4. The van der Waals surface area contributed by atoms with Crippen LogP contribution in [-0.4, -0.2) is 23.0 Å². The summed E-state index contributed by atoms with van der Waals surface area (Å²) in [6.45, 7) is 7.01. The Labute approximate surface area is 200 Å². The summed E-state index contributed by atoms with van der Waals surface area (Å²) in [4.78, 5) is 13.7. The van der Waals surface area contributed by atoms with Gasteiger partial charge in [0.15, 0.2) is 11.6 Å². The summed E-state index contributed by atoms with van der Waals surface area (Å²) in [5, 5.41) is 3.83. The Morgan fingerprint density at radius 2 is 1.12 bits per heavy atom. The maximum Gasteiger partial charge on any atom is 0.226 e. The van der Waals surface area contributed by atoms with Gasteiger partial charge in [-0.3, -0.25) is 0 Å². The molecular weight excluding hydrogens is 442 g/mol. The number of hydrogen-bond donors (Lipinski definition) is 0. The topological polar surface area (TPSA) is 38.7 Å². The minimum Gasteiger partial charge on any atom is -0.208 e. The highest BCUT2D eigenvalue weighted by Gasteiger charge is 2.17. The fraction of sp³-hybridized carbons (Fsp3) is 0.107. The molecule has 5 heteroatoms. The van der Waals surface area contributed by atoms with E-state index in [9.17, 15) is 0 Å². The summed E-state index contributed by atoms with van der Waals surface area (Å²) in [7, 11) is -1.37. The van der Waals surface area contributed by atoms with Crippen molar-refractivity contribution in [1.82, 2.24) is 15.0 Å². The fourth-order valence-corrected chi connectivity index (χ4v) is 5.41. The zero-order valence-electron chi connectivity index (χ0n) is 18.9. The van der Waals surface area contributed by atoms with Gasteiger partial charge in [0.2, 0.25) is 5.28 Å². The van der Waals surface area contributed by atoms with Gasteiger partial charge in [-0.15, -0.1) is 0 Å². The van der Waals surface area contributed by atoms with Gasteiger partial charge in [0.1, 0.15) is 0 Å². The first-order chi connectivity index (χ1) is 15.9. The average Bonchev–Trinajstić information content (AvgIpc) is 2.83. The first-order valence-corrected chi connectivity index (χ1v) is 14.9. The lowest BCUT2D eigenvalue weighted by Gasteiger charge is -2.16. The van der Waals surface area contributed by atoms with Gasteiger partial charge in [0.25, 0.3) is 0 Å². The fourth-order valence-electron chi connectivity index (χ4n) is 4.08. The van der Waals surface area contributed by atoms with E-state index in [0.717, 1.165) is 21.9 Å². The van der Waals surface area contributed by atoms with Crippen molar-refractivity contribution in [2.24, 2.45) is 0 Å². The van der Waals surface area contributed by atoms with Crippen molar-refractivity contribution in [3.8, 4) is 33.9 Å². The molecule has 5 rings (SSSR count). The molecule has 0 saturated heterocycles. The number of aromatic nitrogens is 3. The summed E-state index contributed by atoms with van der Waals surface area (Å²) in [6, 6.07) is 31.5. The summed E-state index contributed by atoms with van der Waals surface area (Å²) in [5.74, 6) is 1.17. The van der Waals surface area contributed by atoms with Gasteiger partial charge in [0.05, 0.1) is 8.07 Å². The highest BCUT2D eigenvalue weighted by atomic mass is 35.5. The van der Waals surface area contributed by atoms with Gasteiger partial charge < -0.3 is 0 Å². The Morgan fingerprint density at radius 1 is 0.545 bits per heavy atom. The number of rotatable bonds is 4. The second-order valence-electron chi connectivity index (χ2n) is 9.15. The van der Waals surface area contributed by atoms with Crippen molar-refractivity contribution in [3.05, 3.63) is 96.3 Å². The SMILES string of the molecule is C[Si](C)(C)c1ccc(-c2nc(Cl)nc(-c3ccc(-c4ccccc4)c4ccccc34)n2)cc1. The van der Waals surface area contributed by atoms with Crippen molar-refractivity contribution in [2.45, 2.75) is 19.6 Å². The molecule has 0 bridgehead atoms. The molecule has 0 fully saturated rings. The molecule has 162 valence electrons. The minimum absolute atomic E-state index is 0.195. The van der Waals surface area contributed by atoms with Gasteiger partial charge in [0, 0.05) is 11.1 Å². The molecular formula is C28H24ClN3Si. The van der Waals surface area contributed by atoms with Gasteiger partial charge in [-0.1, -0.05) is 110 Å². The summed E-state index contributed by atoms with van der Waals surface area (Å²) in [6.07, 6.45) is 0. The summed E-state index contributed by atoms with van der Waals surface area (Å²) < 4.78 is 0. The molecule has 0 aliphatic carbocycles. The van der Waals surface area contributed by atoms with Crippen molar-refractivity contribution in [1.29, 1.82) is 0 Å². The Hall–Kier alpha value is -3.34. The Kier molecular flexibility index (Phi) is 5.57. The number of nitrogens with zero attached hydrogens (tertiary/aromatic N) is 3. The van der Waals surface area contributed by atoms with E-state index in [1.165, 1.54) is 16.3 Å². The van der Waals surface area contributed by atoms with Gasteiger partial charge in [-0.2, -0.15) is 9.97 Å². The molecule has 5 aromatic rings. The Balaban J connectivity index is 1.64. The third-order valence-electron chi connectivity index (χ3n) is 5.87. The molecule has 0 N–H and O–H groups in total. The predicted molar refractivity (Wildman–Crippen MR) is 142 cm³/mol. The highest BCUT2D eigenvalue weighted by Crippen LogP contribution is 2.35. The maximum atomic E-state index is 6.38. The standard InChI is InChI=1S/C28H24ClN3Si/c1-33(2,3)21-15-13-20(14-16-21)26-30-27(32-28(29)31-26)25-18-17-22(19-9-5-4-6-10-19)23-11-7-8-12-24(23)25/h4-18H,1-3H3. The molecule has 0 atom stereocenters. The molecule has 33 heavy (non-hydrogen) atoms. The van der Waals surface area contributed by atoms with Crippen LogP contribution in [0, 0.1) is 0 Å². The summed E-state index contributed by atoms with van der Waals surface area (Å²) >= 11 is 6.38. The number of halogens is 1. The van der Waals surface area contributed by atoms with E-state index in [1.807, 2.05) is 12.1 Å². The first kappa shape index (κ1) is 21.5. The van der Waals surface area contributed by atoms with Crippen LogP contribution in [0.2, 0.25) is 24.9 Å². The average molecular weight is 466 g/mol. The lowest BCUT2D eigenvalue weighted by atomic mass is 9.95. The van der Waals surface area contributed by atoms with Crippen molar-refractivity contribution in [3.63, 3.8) is 0 Å². The van der Waals surface area contributed by atoms with Crippen molar-refractivity contribution >= 4 is 35.6 Å². The van der Waals surface area contributed by atoms with Crippen LogP contribution in [0.1, 0.15) is 0 Å². The highest BCUT2D eigenvalue weighted by molar-refractivity contribution is 6.88. The van der Waals surface area contributed by atoms with Gasteiger partial charge in [-0.25, -0.2) is 4.98 Å². The predicted octanol–water partition coefficient (Wildman–Crippen LogP) is 7.22. The Bertz CT molecular complexity index is 1440. The van der Waals surface area contributed by atoms with Crippen LogP contribution in [0.4, 0.5) is 0 Å². The van der Waals surface area contributed by atoms with Crippen LogP contribution < -0.4 is 5.19 Å². The summed E-state index contributed by atoms with van der Waals surface area (Å²) in [5.41, 5.74) is 4.23. The number of fused-ring (bicyclic) bond motifs is 1. The third kappa shape index (κ3) is 4.32. The van der Waals surface area contributed by atoms with Crippen LogP contribution in [0.15, 0.2) is 91.0 Å². The third-order valence-corrected chi connectivity index (χ3v) is 8.10. The van der Waals surface area contributed by atoms with E-state index in [4.69, 9.17) is 16.6 Å². The van der Waals surface area contributed by atoms with E-state index in [1.54, 1.807) is 0 Å². The molecule has 0 spiro atoms. The van der Waals surface area contributed by atoms with Crippen LogP contribution in [0.5, 0.6) is 0 Å². The quantitative estimate of drug-likeness (QED) is 0.263. The molecule has 0 saturated carbocycles.